The highest BCUT2D eigenvalue weighted by Crippen LogP contribution is 2.24. The summed E-state index contributed by atoms with van der Waals surface area (Å²) in [6.45, 7) is 0.739. The summed E-state index contributed by atoms with van der Waals surface area (Å²) in [5.74, 6) is 0.0932. The maximum absolute atomic E-state index is 12.7. The van der Waals surface area contributed by atoms with Crippen molar-refractivity contribution in [1.82, 2.24) is 14.4 Å². The number of hydrogen-bond acceptors (Lipinski definition) is 7. The highest BCUT2D eigenvalue weighted by molar-refractivity contribution is 7.89. The third-order valence-corrected chi connectivity index (χ3v) is 5.94. The summed E-state index contributed by atoms with van der Waals surface area (Å²) < 4.78 is 73.6. The van der Waals surface area contributed by atoms with Crippen molar-refractivity contribution in [2.24, 2.45) is 0 Å². The number of halogens is 3. The van der Waals surface area contributed by atoms with E-state index in [1.54, 1.807) is 17.0 Å². The van der Waals surface area contributed by atoms with Crippen LogP contribution in [0.1, 0.15) is 5.82 Å². The number of benzene rings is 1. The molecule has 0 atom stereocenters. The lowest BCUT2D eigenvalue weighted by Gasteiger charge is -2.32. The van der Waals surface area contributed by atoms with E-state index in [2.05, 4.69) is 10.1 Å². The first-order chi connectivity index (χ1) is 12.7. The smallest absolute Gasteiger partial charge is 0.396 e. The molecule has 2 aromatic rings. The molecule has 0 N–H and O–H groups in total. The van der Waals surface area contributed by atoms with Crippen LogP contribution in [-0.2, 0) is 16.4 Å². The van der Waals surface area contributed by atoms with Gasteiger partial charge in [-0.1, -0.05) is 5.16 Å². The van der Waals surface area contributed by atoms with Gasteiger partial charge in [0.25, 0.3) is 0 Å². The van der Waals surface area contributed by atoms with E-state index >= 15 is 0 Å². The molecule has 27 heavy (non-hydrogen) atoms. The number of nitrogens with zero attached hydrogens (tertiary/aromatic N) is 4. The molecule has 2 heterocycles. The maximum Gasteiger partial charge on any atom is 0.396 e. The number of rotatable bonds is 5. The molecule has 1 aliphatic heterocycles. The van der Waals surface area contributed by atoms with Gasteiger partial charge >= 0.3 is 12.2 Å². The van der Waals surface area contributed by atoms with Crippen molar-refractivity contribution in [2.75, 3.05) is 38.2 Å². The van der Waals surface area contributed by atoms with Crippen LogP contribution in [0, 0.1) is 0 Å². The molecule has 8 nitrogen and oxygen atoms in total. The maximum atomic E-state index is 12.7. The molecule has 1 fully saturated rings. The molecule has 1 aromatic carbocycles. The van der Waals surface area contributed by atoms with Crippen molar-refractivity contribution in [3.8, 4) is 5.75 Å². The van der Waals surface area contributed by atoms with Crippen LogP contribution in [-0.4, -0.2) is 62.3 Å². The second-order valence-corrected chi connectivity index (χ2v) is 7.79. The van der Waals surface area contributed by atoms with E-state index in [-0.39, 0.29) is 37.1 Å². The summed E-state index contributed by atoms with van der Waals surface area (Å²) in [7, 11) is -2.19. The highest BCUT2D eigenvalue weighted by atomic mass is 32.2. The highest BCUT2D eigenvalue weighted by Gasteiger charge is 2.33. The van der Waals surface area contributed by atoms with Gasteiger partial charge in [0.05, 0.1) is 12.0 Å². The lowest BCUT2D eigenvalue weighted by Crippen LogP contribution is -2.48. The molecule has 1 aromatic heterocycles. The zero-order valence-corrected chi connectivity index (χ0v) is 15.1. The van der Waals surface area contributed by atoms with Crippen LogP contribution >= 0.6 is 0 Å². The molecule has 0 saturated carbocycles. The van der Waals surface area contributed by atoms with Crippen LogP contribution in [0.4, 0.5) is 19.2 Å². The number of aromatic nitrogens is 2. The third kappa shape index (κ3) is 4.50. The predicted molar refractivity (Wildman–Crippen MR) is 88.0 cm³/mol. The molecular weight excluding hydrogens is 389 g/mol. The first kappa shape index (κ1) is 19.4. The summed E-state index contributed by atoms with van der Waals surface area (Å²) in [5.41, 5.74) is 0. The van der Waals surface area contributed by atoms with E-state index in [4.69, 9.17) is 9.26 Å². The summed E-state index contributed by atoms with van der Waals surface area (Å²) >= 11 is 0. The minimum Gasteiger partial charge on any atom is -0.497 e. The first-order valence-electron chi connectivity index (χ1n) is 7.97. The molecule has 3 rings (SSSR count). The fourth-order valence-electron chi connectivity index (χ4n) is 2.64. The Hall–Kier alpha value is -2.34. The predicted octanol–water partition coefficient (Wildman–Crippen LogP) is 1.69. The minimum atomic E-state index is -4.42. The average molecular weight is 406 g/mol. The fraction of sp³-hybridized carbons (Fsp3) is 0.467. The van der Waals surface area contributed by atoms with E-state index in [0.717, 1.165) is 0 Å². The van der Waals surface area contributed by atoms with E-state index in [0.29, 0.717) is 5.75 Å². The van der Waals surface area contributed by atoms with Crippen molar-refractivity contribution < 1.29 is 30.8 Å². The summed E-state index contributed by atoms with van der Waals surface area (Å²) in [5, 5.41) is 3.32. The second kappa shape index (κ2) is 7.35. The van der Waals surface area contributed by atoms with Crippen molar-refractivity contribution in [3.63, 3.8) is 0 Å². The Kier molecular flexibility index (Phi) is 5.29. The summed E-state index contributed by atoms with van der Waals surface area (Å²) in [6, 6.07) is 5.99. The SMILES string of the molecule is COc1ccc(S(=O)(=O)N2CCN(c3nc(CC(F)(F)F)no3)CC2)cc1. The Balaban J connectivity index is 1.64. The van der Waals surface area contributed by atoms with Gasteiger partial charge in [-0.15, -0.1) is 0 Å². The molecule has 0 unspecified atom stereocenters. The number of alkyl halides is 3. The van der Waals surface area contributed by atoms with Crippen molar-refractivity contribution in [2.45, 2.75) is 17.5 Å². The quantitative estimate of drug-likeness (QED) is 0.747. The Labute approximate surface area is 153 Å². The molecule has 0 spiro atoms. The standard InChI is InChI=1S/C15H17F3N4O4S/c1-25-11-2-4-12(5-3-11)27(23,24)22-8-6-21(7-9-22)14-19-13(20-26-14)10-15(16,17)18/h2-5H,6-10H2,1H3. The van der Waals surface area contributed by atoms with Gasteiger partial charge < -0.3 is 14.2 Å². The number of methoxy groups -OCH3 is 1. The zero-order valence-electron chi connectivity index (χ0n) is 14.3. The lowest BCUT2D eigenvalue weighted by atomic mass is 10.3. The van der Waals surface area contributed by atoms with Crippen LogP contribution in [0.25, 0.3) is 0 Å². The summed E-state index contributed by atoms with van der Waals surface area (Å²) in [4.78, 5) is 5.43. The molecule has 0 amide bonds. The fourth-order valence-corrected chi connectivity index (χ4v) is 4.06. The van der Waals surface area contributed by atoms with E-state index in [1.165, 1.54) is 23.5 Å². The molecule has 0 bridgehead atoms. The van der Waals surface area contributed by atoms with Gasteiger partial charge in [-0.2, -0.15) is 22.5 Å². The zero-order chi connectivity index (χ0) is 19.7. The van der Waals surface area contributed by atoms with Gasteiger partial charge in [0.15, 0.2) is 5.82 Å². The Morgan fingerprint density at radius 1 is 1.15 bits per heavy atom. The van der Waals surface area contributed by atoms with Crippen LogP contribution in [0.5, 0.6) is 5.75 Å². The van der Waals surface area contributed by atoms with Gasteiger partial charge in [-0.05, 0) is 24.3 Å². The van der Waals surface area contributed by atoms with Crippen LogP contribution < -0.4 is 9.64 Å². The second-order valence-electron chi connectivity index (χ2n) is 5.85. The molecule has 0 aliphatic carbocycles. The Morgan fingerprint density at radius 2 is 1.78 bits per heavy atom. The van der Waals surface area contributed by atoms with Crippen LogP contribution in [0.3, 0.4) is 0 Å². The molecular formula is C15H17F3N4O4S. The van der Waals surface area contributed by atoms with Gasteiger partial charge in [0.2, 0.25) is 10.0 Å². The molecule has 1 saturated heterocycles. The van der Waals surface area contributed by atoms with Crippen molar-refractivity contribution >= 4 is 16.0 Å². The minimum absolute atomic E-state index is 0.0456. The summed E-state index contributed by atoms with van der Waals surface area (Å²) in [6.07, 6.45) is -5.70. The average Bonchev–Trinajstić information content (AvgIpc) is 3.08. The van der Waals surface area contributed by atoms with Gasteiger partial charge in [-0.3, -0.25) is 0 Å². The lowest BCUT2D eigenvalue weighted by molar-refractivity contribution is -0.128. The van der Waals surface area contributed by atoms with Crippen LogP contribution in [0.15, 0.2) is 33.7 Å². The molecule has 148 valence electrons. The monoisotopic (exact) mass is 406 g/mol. The van der Waals surface area contributed by atoms with Crippen molar-refractivity contribution in [1.29, 1.82) is 0 Å². The molecule has 0 radical (unpaired) electrons. The normalized spacial score (nSPS) is 16.5. The number of hydrogen-bond donors (Lipinski definition) is 0. The van der Waals surface area contributed by atoms with Crippen LogP contribution in [0.2, 0.25) is 0 Å². The number of piperazine rings is 1. The number of sulfonamides is 1. The van der Waals surface area contributed by atoms with E-state index in [1.807, 2.05) is 0 Å². The van der Waals surface area contributed by atoms with Gasteiger partial charge in [0, 0.05) is 26.2 Å². The van der Waals surface area contributed by atoms with Gasteiger partial charge in [0.1, 0.15) is 12.2 Å². The largest absolute Gasteiger partial charge is 0.497 e. The van der Waals surface area contributed by atoms with E-state index in [9.17, 15) is 21.6 Å². The number of anilines is 1. The topological polar surface area (TPSA) is 88.8 Å². The van der Waals surface area contributed by atoms with E-state index < -0.39 is 28.4 Å². The Morgan fingerprint density at radius 3 is 2.33 bits per heavy atom. The Bertz CT molecular complexity index is 875. The number of ether oxygens (including phenoxy) is 1. The first-order valence-corrected chi connectivity index (χ1v) is 9.41. The third-order valence-electron chi connectivity index (χ3n) is 4.02. The van der Waals surface area contributed by atoms with Crippen molar-refractivity contribution in [3.05, 3.63) is 30.1 Å². The molecule has 12 heteroatoms. The van der Waals surface area contributed by atoms with Gasteiger partial charge in [-0.25, -0.2) is 8.42 Å². The molecule has 1 aliphatic rings.